The van der Waals surface area contributed by atoms with E-state index in [0.29, 0.717) is 17.3 Å². The van der Waals surface area contributed by atoms with Crippen LogP contribution < -0.4 is 0 Å². The minimum atomic E-state index is 0.315. The van der Waals surface area contributed by atoms with Crippen LogP contribution in [0, 0.1) is 11.3 Å². The number of halogens is 1. The van der Waals surface area contributed by atoms with Crippen molar-refractivity contribution in [3.05, 3.63) is 27.5 Å². The molecule has 16 heavy (non-hydrogen) atoms. The van der Waals surface area contributed by atoms with Gasteiger partial charge >= 0.3 is 0 Å². The summed E-state index contributed by atoms with van der Waals surface area (Å²) in [4.78, 5) is 4.26. The van der Waals surface area contributed by atoms with Gasteiger partial charge in [-0.3, -0.25) is 0 Å². The molecule has 4 heteroatoms. The zero-order chi connectivity index (χ0) is 11.5. The third-order valence-electron chi connectivity index (χ3n) is 2.95. The van der Waals surface area contributed by atoms with Gasteiger partial charge in [-0.1, -0.05) is 11.6 Å². The molecule has 0 saturated carbocycles. The normalized spacial score (nSPS) is 14.3. The molecular weight excluding hydrogens is 224 g/mol. The summed E-state index contributed by atoms with van der Waals surface area (Å²) in [6, 6.07) is 2.16. The van der Waals surface area contributed by atoms with E-state index in [1.807, 2.05) is 0 Å². The highest BCUT2D eigenvalue weighted by Gasteiger charge is 2.20. The SMILES string of the molecule is COCc1nc(Cl)c(C#N)c2c1CCCC2. The van der Waals surface area contributed by atoms with E-state index in [1.165, 1.54) is 5.56 Å². The summed E-state index contributed by atoms with van der Waals surface area (Å²) >= 11 is 6.01. The summed E-state index contributed by atoms with van der Waals surface area (Å²) in [5, 5.41) is 9.40. The first-order valence-corrected chi connectivity index (χ1v) is 5.75. The molecular formula is C12H13ClN2O. The summed E-state index contributed by atoms with van der Waals surface area (Å²) in [6.45, 7) is 0.466. The van der Waals surface area contributed by atoms with Crippen LogP contribution >= 0.6 is 11.6 Å². The lowest BCUT2D eigenvalue weighted by atomic mass is 9.88. The maximum Gasteiger partial charge on any atom is 0.147 e. The van der Waals surface area contributed by atoms with Gasteiger partial charge in [-0.2, -0.15) is 5.26 Å². The molecule has 0 saturated heterocycles. The monoisotopic (exact) mass is 236 g/mol. The molecule has 1 aromatic heterocycles. The fourth-order valence-corrected chi connectivity index (χ4v) is 2.49. The van der Waals surface area contributed by atoms with Gasteiger partial charge in [0, 0.05) is 7.11 Å². The third-order valence-corrected chi connectivity index (χ3v) is 3.22. The van der Waals surface area contributed by atoms with Crippen LogP contribution in [0.4, 0.5) is 0 Å². The molecule has 0 spiro atoms. The predicted molar refractivity (Wildman–Crippen MR) is 61.3 cm³/mol. The number of rotatable bonds is 2. The van der Waals surface area contributed by atoms with Crippen molar-refractivity contribution in [1.29, 1.82) is 5.26 Å². The standard InChI is InChI=1S/C12H13ClN2O/c1-16-7-11-9-5-3-2-4-8(9)10(6-14)12(13)15-11/h2-5,7H2,1H3. The maximum atomic E-state index is 9.09. The van der Waals surface area contributed by atoms with E-state index in [1.54, 1.807) is 7.11 Å². The van der Waals surface area contributed by atoms with Crippen LogP contribution in [0.25, 0.3) is 0 Å². The molecule has 1 aromatic rings. The number of nitrogens with zero attached hydrogens (tertiary/aromatic N) is 2. The van der Waals surface area contributed by atoms with Gasteiger partial charge in [0.1, 0.15) is 11.2 Å². The largest absolute Gasteiger partial charge is 0.378 e. The molecule has 2 rings (SSSR count). The highest BCUT2D eigenvalue weighted by molar-refractivity contribution is 6.30. The van der Waals surface area contributed by atoms with Crippen molar-refractivity contribution in [3.63, 3.8) is 0 Å². The first-order chi connectivity index (χ1) is 7.77. The number of nitriles is 1. The second kappa shape index (κ2) is 4.82. The van der Waals surface area contributed by atoms with Gasteiger partial charge < -0.3 is 4.74 Å². The van der Waals surface area contributed by atoms with Crippen molar-refractivity contribution in [2.75, 3.05) is 7.11 Å². The van der Waals surface area contributed by atoms with Gasteiger partial charge in [-0.15, -0.1) is 0 Å². The average Bonchev–Trinajstić information content (AvgIpc) is 2.30. The molecule has 0 atom stereocenters. The van der Waals surface area contributed by atoms with Crippen LogP contribution in [0.2, 0.25) is 5.15 Å². The van der Waals surface area contributed by atoms with Crippen molar-refractivity contribution in [1.82, 2.24) is 4.98 Å². The number of hydrogen-bond acceptors (Lipinski definition) is 3. The lowest BCUT2D eigenvalue weighted by Gasteiger charge is -2.20. The van der Waals surface area contributed by atoms with Crippen molar-refractivity contribution in [2.24, 2.45) is 0 Å². The van der Waals surface area contributed by atoms with Crippen molar-refractivity contribution >= 4 is 11.6 Å². The van der Waals surface area contributed by atoms with Gasteiger partial charge in [0.25, 0.3) is 0 Å². The molecule has 1 aliphatic rings. The number of hydrogen-bond donors (Lipinski definition) is 0. The Balaban J connectivity index is 2.58. The molecule has 0 radical (unpaired) electrons. The zero-order valence-corrected chi connectivity index (χ0v) is 9.97. The van der Waals surface area contributed by atoms with E-state index in [0.717, 1.165) is 36.9 Å². The van der Waals surface area contributed by atoms with E-state index in [9.17, 15) is 0 Å². The first kappa shape index (κ1) is 11.4. The Kier molecular flexibility index (Phi) is 3.42. The van der Waals surface area contributed by atoms with Gasteiger partial charge in [0.15, 0.2) is 0 Å². The van der Waals surface area contributed by atoms with E-state index < -0.39 is 0 Å². The molecule has 1 heterocycles. The Morgan fingerprint density at radius 3 is 2.69 bits per heavy atom. The molecule has 0 N–H and O–H groups in total. The summed E-state index contributed by atoms with van der Waals surface area (Å²) < 4.78 is 5.12. The molecule has 1 aliphatic carbocycles. The van der Waals surface area contributed by atoms with Gasteiger partial charge in [-0.05, 0) is 36.8 Å². The maximum absolute atomic E-state index is 9.09. The molecule has 0 bridgehead atoms. The Labute approximate surface area is 100 Å². The number of methoxy groups -OCH3 is 1. The minimum Gasteiger partial charge on any atom is -0.378 e. The van der Waals surface area contributed by atoms with Crippen LogP contribution in [0.1, 0.15) is 35.2 Å². The lowest BCUT2D eigenvalue weighted by molar-refractivity contribution is 0.180. The van der Waals surface area contributed by atoms with Gasteiger partial charge in [0.2, 0.25) is 0 Å². The molecule has 0 unspecified atom stereocenters. The summed E-state index contributed by atoms with van der Waals surface area (Å²) in [6.07, 6.45) is 4.18. The van der Waals surface area contributed by atoms with E-state index >= 15 is 0 Å². The van der Waals surface area contributed by atoms with Gasteiger partial charge in [0.05, 0.1) is 17.9 Å². The fraction of sp³-hybridized carbons (Fsp3) is 0.500. The van der Waals surface area contributed by atoms with Crippen LogP contribution in [-0.4, -0.2) is 12.1 Å². The molecule has 0 amide bonds. The van der Waals surface area contributed by atoms with Crippen LogP contribution in [0.5, 0.6) is 0 Å². The number of ether oxygens (including phenoxy) is 1. The molecule has 84 valence electrons. The van der Waals surface area contributed by atoms with Crippen LogP contribution in [0.3, 0.4) is 0 Å². The summed E-state index contributed by atoms with van der Waals surface area (Å²) in [5.74, 6) is 0. The Morgan fingerprint density at radius 1 is 1.38 bits per heavy atom. The first-order valence-electron chi connectivity index (χ1n) is 5.37. The second-order valence-electron chi connectivity index (χ2n) is 3.93. The highest BCUT2D eigenvalue weighted by atomic mass is 35.5. The summed E-state index contributed by atoms with van der Waals surface area (Å²) in [7, 11) is 1.64. The Morgan fingerprint density at radius 2 is 2.06 bits per heavy atom. The number of fused-ring (bicyclic) bond motifs is 1. The predicted octanol–water partition coefficient (Wildman–Crippen LogP) is 2.63. The quantitative estimate of drug-likeness (QED) is 0.742. The molecule has 0 aromatic carbocycles. The van der Waals surface area contributed by atoms with E-state index in [2.05, 4.69) is 11.1 Å². The molecule has 0 fully saturated rings. The van der Waals surface area contributed by atoms with Crippen LogP contribution in [-0.2, 0) is 24.2 Å². The second-order valence-corrected chi connectivity index (χ2v) is 4.29. The van der Waals surface area contributed by atoms with E-state index in [4.69, 9.17) is 21.6 Å². The van der Waals surface area contributed by atoms with Crippen LogP contribution in [0.15, 0.2) is 0 Å². The lowest BCUT2D eigenvalue weighted by Crippen LogP contribution is -2.12. The van der Waals surface area contributed by atoms with E-state index in [-0.39, 0.29) is 0 Å². The zero-order valence-electron chi connectivity index (χ0n) is 9.22. The molecule has 3 nitrogen and oxygen atoms in total. The smallest absolute Gasteiger partial charge is 0.147 e. The molecule has 0 aliphatic heterocycles. The average molecular weight is 237 g/mol. The van der Waals surface area contributed by atoms with Gasteiger partial charge in [-0.25, -0.2) is 4.98 Å². The Hall–Kier alpha value is -1.11. The van der Waals surface area contributed by atoms with Crippen molar-refractivity contribution in [2.45, 2.75) is 32.3 Å². The number of aromatic nitrogens is 1. The minimum absolute atomic E-state index is 0.315. The summed E-state index contributed by atoms with van der Waals surface area (Å²) in [5.41, 5.74) is 3.70. The topological polar surface area (TPSA) is 45.9 Å². The fourth-order valence-electron chi connectivity index (χ4n) is 2.24. The Bertz CT molecular complexity index is 451. The third kappa shape index (κ3) is 1.91. The van der Waals surface area contributed by atoms with Crippen molar-refractivity contribution in [3.8, 4) is 6.07 Å². The number of pyridine rings is 1. The van der Waals surface area contributed by atoms with Crippen molar-refractivity contribution < 1.29 is 4.74 Å². The highest BCUT2D eigenvalue weighted by Crippen LogP contribution is 2.30.